The second kappa shape index (κ2) is 3.53. The van der Waals surface area contributed by atoms with Crippen molar-refractivity contribution in [3.05, 3.63) is 22.4 Å². The van der Waals surface area contributed by atoms with E-state index in [2.05, 4.69) is 10.5 Å². The summed E-state index contributed by atoms with van der Waals surface area (Å²) < 4.78 is 0. The van der Waals surface area contributed by atoms with Crippen LogP contribution in [-0.2, 0) is 4.79 Å². The van der Waals surface area contributed by atoms with Crippen LogP contribution in [-0.4, -0.2) is 16.6 Å². The van der Waals surface area contributed by atoms with Gasteiger partial charge < -0.3 is 0 Å². The van der Waals surface area contributed by atoms with Gasteiger partial charge in [0.25, 0.3) is 0 Å². The lowest BCUT2D eigenvalue weighted by Gasteiger charge is -2.19. The number of nitrogens with zero attached hydrogens (tertiary/aromatic N) is 2. The number of hydrogen-bond acceptors (Lipinski definition) is 3. The number of hydrazone groups is 1. The Balaban J connectivity index is 2.20. The van der Waals surface area contributed by atoms with Gasteiger partial charge in [-0.05, 0) is 36.2 Å². The Morgan fingerprint density at radius 1 is 1.64 bits per heavy atom. The van der Waals surface area contributed by atoms with Gasteiger partial charge in [0, 0.05) is 5.71 Å². The van der Waals surface area contributed by atoms with Gasteiger partial charge in [0.05, 0.1) is 12.5 Å². The normalized spacial score (nSPS) is 18.6. The van der Waals surface area contributed by atoms with Crippen molar-refractivity contribution in [2.75, 3.05) is 0 Å². The lowest BCUT2D eigenvalue weighted by molar-refractivity contribution is -0.130. The van der Waals surface area contributed by atoms with Gasteiger partial charge >= 0.3 is 0 Å². The zero-order valence-corrected chi connectivity index (χ0v) is 9.04. The smallest absolute Gasteiger partial charge is 0.248 e. The summed E-state index contributed by atoms with van der Waals surface area (Å²) in [5.41, 5.74) is 2.05. The maximum absolute atomic E-state index is 11.5. The van der Waals surface area contributed by atoms with Gasteiger partial charge in [0.2, 0.25) is 5.91 Å². The topological polar surface area (TPSA) is 32.7 Å². The fourth-order valence-electron chi connectivity index (χ4n) is 1.53. The summed E-state index contributed by atoms with van der Waals surface area (Å²) >= 11 is 1.64. The van der Waals surface area contributed by atoms with Gasteiger partial charge in [0.1, 0.15) is 0 Å². The van der Waals surface area contributed by atoms with E-state index >= 15 is 0 Å². The monoisotopic (exact) mass is 208 g/mol. The number of carbonyl (C=O) groups excluding carboxylic acids is 1. The molecule has 1 aliphatic heterocycles. The highest BCUT2D eigenvalue weighted by molar-refractivity contribution is 7.07. The number of rotatable bonds is 2. The lowest BCUT2D eigenvalue weighted by Crippen LogP contribution is -2.23. The molecule has 0 fully saturated rings. The fourth-order valence-corrected chi connectivity index (χ4v) is 2.28. The summed E-state index contributed by atoms with van der Waals surface area (Å²) in [6.07, 6.45) is 0.467. The van der Waals surface area contributed by atoms with Crippen LogP contribution >= 0.6 is 11.3 Å². The van der Waals surface area contributed by atoms with Crippen LogP contribution in [0.5, 0.6) is 0 Å². The number of amides is 1. The Morgan fingerprint density at radius 2 is 2.43 bits per heavy atom. The molecule has 4 heteroatoms. The third kappa shape index (κ3) is 1.57. The molecule has 14 heavy (non-hydrogen) atoms. The Hall–Kier alpha value is -1.16. The minimum atomic E-state index is 0.0613. The highest BCUT2D eigenvalue weighted by atomic mass is 32.1. The van der Waals surface area contributed by atoms with Crippen molar-refractivity contribution in [3.8, 4) is 0 Å². The maximum Gasteiger partial charge on any atom is 0.248 e. The minimum absolute atomic E-state index is 0.0613. The highest BCUT2D eigenvalue weighted by Gasteiger charge is 2.26. The van der Waals surface area contributed by atoms with Crippen LogP contribution in [0.4, 0.5) is 0 Å². The molecule has 2 heterocycles. The SMILES string of the molecule is CC1=NN(C(C)c2ccsc2)C(=O)C1. The first-order chi connectivity index (χ1) is 6.68. The van der Waals surface area contributed by atoms with E-state index in [1.807, 2.05) is 25.3 Å². The molecule has 0 aromatic carbocycles. The Bertz CT molecular complexity index is 369. The molecule has 0 saturated carbocycles. The van der Waals surface area contributed by atoms with Crippen LogP contribution in [0.3, 0.4) is 0 Å². The van der Waals surface area contributed by atoms with Gasteiger partial charge in [-0.1, -0.05) is 0 Å². The molecule has 0 radical (unpaired) electrons. The molecule has 1 aliphatic rings. The number of hydrogen-bond donors (Lipinski definition) is 0. The van der Waals surface area contributed by atoms with E-state index in [0.29, 0.717) is 6.42 Å². The molecule has 2 rings (SSSR count). The molecular weight excluding hydrogens is 196 g/mol. The zero-order valence-electron chi connectivity index (χ0n) is 8.23. The van der Waals surface area contributed by atoms with E-state index in [-0.39, 0.29) is 11.9 Å². The van der Waals surface area contributed by atoms with Crippen LogP contribution in [0.2, 0.25) is 0 Å². The molecule has 0 spiro atoms. The van der Waals surface area contributed by atoms with Gasteiger partial charge in [-0.25, -0.2) is 5.01 Å². The van der Waals surface area contributed by atoms with Gasteiger partial charge in [0.15, 0.2) is 0 Å². The Labute approximate surface area is 87.0 Å². The van der Waals surface area contributed by atoms with Crippen molar-refractivity contribution < 1.29 is 4.79 Å². The van der Waals surface area contributed by atoms with Crippen molar-refractivity contribution in [2.45, 2.75) is 26.3 Å². The molecule has 0 saturated heterocycles. The third-order valence-corrected chi connectivity index (χ3v) is 3.03. The molecule has 1 amide bonds. The number of thiophene rings is 1. The van der Waals surface area contributed by atoms with Crippen molar-refractivity contribution in [3.63, 3.8) is 0 Å². The van der Waals surface area contributed by atoms with E-state index < -0.39 is 0 Å². The molecule has 3 nitrogen and oxygen atoms in total. The highest BCUT2D eigenvalue weighted by Crippen LogP contribution is 2.26. The molecule has 1 aromatic rings. The number of carbonyl (C=O) groups is 1. The summed E-state index contributed by atoms with van der Waals surface area (Å²) in [5, 5.41) is 9.88. The maximum atomic E-state index is 11.5. The molecule has 0 bridgehead atoms. The lowest BCUT2D eigenvalue weighted by atomic mass is 10.2. The summed E-state index contributed by atoms with van der Waals surface area (Å²) in [7, 11) is 0. The van der Waals surface area contributed by atoms with Crippen molar-refractivity contribution in [1.82, 2.24) is 5.01 Å². The van der Waals surface area contributed by atoms with E-state index in [9.17, 15) is 4.79 Å². The molecule has 0 aliphatic carbocycles. The molecule has 74 valence electrons. The summed E-state index contributed by atoms with van der Waals surface area (Å²) in [5.74, 6) is 0.0983. The van der Waals surface area contributed by atoms with E-state index in [4.69, 9.17) is 0 Å². The quantitative estimate of drug-likeness (QED) is 0.734. The minimum Gasteiger partial charge on any atom is -0.273 e. The van der Waals surface area contributed by atoms with Crippen molar-refractivity contribution in [2.24, 2.45) is 5.10 Å². The van der Waals surface area contributed by atoms with Gasteiger partial charge in [-0.3, -0.25) is 4.79 Å². The van der Waals surface area contributed by atoms with Crippen LogP contribution in [0, 0.1) is 0 Å². The van der Waals surface area contributed by atoms with Crippen LogP contribution in [0.25, 0.3) is 0 Å². The molecule has 0 N–H and O–H groups in total. The Kier molecular flexibility index (Phi) is 2.37. The predicted molar refractivity (Wildman–Crippen MR) is 57.3 cm³/mol. The summed E-state index contributed by atoms with van der Waals surface area (Å²) in [6.45, 7) is 3.89. The second-order valence-corrected chi connectivity index (χ2v) is 4.26. The molecule has 1 atom stereocenters. The Morgan fingerprint density at radius 3 is 2.93 bits per heavy atom. The van der Waals surface area contributed by atoms with Gasteiger partial charge in [-0.15, -0.1) is 0 Å². The van der Waals surface area contributed by atoms with Crippen LogP contribution in [0.1, 0.15) is 31.9 Å². The van der Waals surface area contributed by atoms with Crippen LogP contribution < -0.4 is 0 Å². The third-order valence-electron chi connectivity index (χ3n) is 2.33. The summed E-state index contributed by atoms with van der Waals surface area (Å²) in [4.78, 5) is 11.5. The largest absolute Gasteiger partial charge is 0.273 e. The first-order valence-corrected chi connectivity index (χ1v) is 5.51. The predicted octanol–water partition coefficient (Wildman–Crippen LogP) is 2.42. The first-order valence-electron chi connectivity index (χ1n) is 4.56. The van der Waals surface area contributed by atoms with E-state index in [0.717, 1.165) is 11.3 Å². The van der Waals surface area contributed by atoms with Crippen molar-refractivity contribution in [1.29, 1.82) is 0 Å². The standard InChI is InChI=1S/C10H12N2OS/c1-7-5-10(13)12(11-7)8(2)9-3-4-14-6-9/h3-4,6,8H,5H2,1-2H3. The van der Waals surface area contributed by atoms with Gasteiger partial charge in [-0.2, -0.15) is 16.4 Å². The average molecular weight is 208 g/mol. The first kappa shape index (κ1) is 9.40. The molecule has 1 unspecified atom stereocenters. The average Bonchev–Trinajstić information content (AvgIpc) is 2.73. The van der Waals surface area contributed by atoms with Crippen molar-refractivity contribution >= 4 is 23.0 Å². The molecule has 1 aromatic heterocycles. The molecular formula is C10H12N2OS. The summed E-state index contributed by atoms with van der Waals surface area (Å²) in [6, 6.07) is 2.09. The van der Waals surface area contributed by atoms with Crippen LogP contribution in [0.15, 0.2) is 21.9 Å². The zero-order chi connectivity index (χ0) is 10.1. The van der Waals surface area contributed by atoms with E-state index in [1.165, 1.54) is 0 Å². The fraction of sp³-hybridized carbons (Fsp3) is 0.400. The van der Waals surface area contributed by atoms with E-state index in [1.54, 1.807) is 16.3 Å². The second-order valence-electron chi connectivity index (χ2n) is 3.48.